The van der Waals surface area contributed by atoms with Crippen molar-refractivity contribution in [3.8, 4) is 0 Å². The van der Waals surface area contributed by atoms with Crippen molar-refractivity contribution in [2.45, 2.75) is 0 Å². The molecule has 17 heavy (non-hydrogen) atoms. The first kappa shape index (κ1) is 12.7. The molecule has 0 unspecified atom stereocenters. The second-order valence-corrected chi connectivity index (χ2v) is 5.13. The standard InChI is InChI=1S/C10H7BrCl2N2O2/c11-5-1-2-6(10(13)9(5)12)15-3-7(16)14-8(17)4-15/h1-2H,3-4H2,(H,14,16,17). The maximum absolute atomic E-state index is 11.3. The summed E-state index contributed by atoms with van der Waals surface area (Å²) >= 11 is 15.3. The summed E-state index contributed by atoms with van der Waals surface area (Å²) in [5.74, 6) is -0.701. The fourth-order valence-electron chi connectivity index (χ4n) is 1.57. The van der Waals surface area contributed by atoms with Gasteiger partial charge >= 0.3 is 0 Å². The van der Waals surface area contributed by atoms with Crippen LogP contribution >= 0.6 is 39.1 Å². The first-order chi connectivity index (χ1) is 7.99. The molecule has 0 aliphatic carbocycles. The van der Waals surface area contributed by atoms with E-state index in [0.29, 0.717) is 20.2 Å². The highest BCUT2D eigenvalue weighted by Crippen LogP contribution is 2.37. The number of benzene rings is 1. The Labute approximate surface area is 116 Å². The van der Waals surface area contributed by atoms with E-state index < -0.39 is 0 Å². The van der Waals surface area contributed by atoms with Crippen LogP contribution in [-0.4, -0.2) is 24.9 Å². The highest BCUT2D eigenvalue weighted by molar-refractivity contribution is 9.10. The molecule has 0 bridgehead atoms. The minimum absolute atomic E-state index is 0.0867. The van der Waals surface area contributed by atoms with Gasteiger partial charge in [0, 0.05) is 4.47 Å². The summed E-state index contributed by atoms with van der Waals surface area (Å²) in [6.07, 6.45) is 0. The Hall–Kier alpha value is -0.780. The molecule has 2 rings (SSSR count). The molecule has 90 valence electrons. The molecule has 1 aliphatic rings. The van der Waals surface area contributed by atoms with Gasteiger partial charge in [-0.1, -0.05) is 23.2 Å². The van der Waals surface area contributed by atoms with E-state index in [2.05, 4.69) is 21.2 Å². The number of imide groups is 1. The smallest absolute Gasteiger partial charge is 0.246 e. The summed E-state index contributed by atoms with van der Waals surface area (Å²) in [7, 11) is 0. The van der Waals surface area contributed by atoms with Gasteiger partial charge in [-0.3, -0.25) is 14.9 Å². The van der Waals surface area contributed by atoms with Crippen molar-refractivity contribution in [1.82, 2.24) is 5.32 Å². The van der Waals surface area contributed by atoms with Crippen molar-refractivity contribution in [3.63, 3.8) is 0 Å². The molecule has 1 aliphatic heterocycles. The minimum Gasteiger partial charge on any atom is -0.352 e. The van der Waals surface area contributed by atoms with E-state index in [-0.39, 0.29) is 24.9 Å². The largest absolute Gasteiger partial charge is 0.352 e. The molecule has 1 aromatic rings. The molecule has 1 aromatic carbocycles. The van der Waals surface area contributed by atoms with Gasteiger partial charge in [0.05, 0.1) is 28.8 Å². The lowest BCUT2D eigenvalue weighted by Crippen LogP contribution is -2.51. The Morgan fingerprint density at radius 2 is 1.71 bits per heavy atom. The lowest BCUT2D eigenvalue weighted by atomic mass is 10.2. The van der Waals surface area contributed by atoms with Gasteiger partial charge in [-0.2, -0.15) is 0 Å². The Morgan fingerprint density at radius 1 is 1.12 bits per heavy atom. The van der Waals surface area contributed by atoms with Gasteiger partial charge in [0.25, 0.3) is 0 Å². The third-order valence-electron chi connectivity index (χ3n) is 2.30. The first-order valence-electron chi connectivity index (χ1n) is 4.70. The lowest BCUT2D eigenvalue weighted by molar-refractivity contribution is -0.130. The highest BCUT2D eigenvalue weighted by Gasteiger charge is 2.25. The van der Waals surface area contributed by atoms with Gasteiger partial charge in [0.1, 0.15) is 0 Å². The number of halogens is 3. The van der Waals surface area contributed by atoms with Gasteiger partial charge in [0.15, 0.2) is 0 Å². The molecule has 0 atom stereocenters. The molecule has 1 heterocycles. The van der Waals surface area contributed by atoms with Crippen LogP contribution in [0.3, 0.4) is 0 Å². The number of rotatable bonds is 1. The molecule has 1 N–H and O–H groups in total. The third kappa shape index (κ3) is 2.56. The zero-order valence-electron chi connectivity index (χ0n) is 8.47. The maximum atomic E-state index is 11.3. The molecule has 2 amide bonds. The molecule has 0 aromatic heterocycles. The van der Waals surface area contributed by atoms with Crippen molar-refractivity contribution in [2.75, 3.05) is 18.0 Å². The van der Waals surface area contributed by atoms with Crippen molar-refractivity contribution in [1.29, 1.82) is 0 Å². The fraction of sp³-hybridized carbons (Fsp3) is 0.200. The van der Waals surface area contributed by atoms with Crippen molar-refractivity contribution in [3.05, 3.63) is 26.7 Å². The summed E-state index contributed by atoms with van der Waals surface area (Å²) in [4.78, 5) is 24.1. The molecule has 1 saturated heterocycles. The molecule has 1 fully saturated rings. The van der Waals surface area contributed by atoms with Crippen LogP contribution in [0.15, 0.2) is 16.6 Å². The van der Waals surface area contributed by atoms with E-state index in [1.54, 1.807) is 17.0 Å². The van der Waals surface area contributed by atoms with Crippen LogP contribution in [-0.2, 0) is 9.59 Å². The Bertz CT molecular complexity index is 491. The van der Waals surface area contributed by atoms with E-state index in [0.717, 1.165) is 0 Å². The fourth-order valence-corrected chi connectivity index (χ4v) is 2.46. The molecular weight excluding hydrogens is 331 g/mol. The lowest BCUT2D eigenvalue weighted by Gasteiger charge is -2.28. The second-order valence-electron chi connectivity index (χ2n) is 3.52. The van der Waals surface area contributed by atoms with Crippen LogP contribution in [0.1, 0.15) is 0 Å². The first-order valence-corrected chi connectivity index (χ1v) is 6.25. The number of amides is 2. The number of hydrogen-bond donors (Lipinski definition) is 1. The minimum atomic E-state index is -0.351. The zero-order valence-corrected chi connectivity index (χ0v) is 11.6. The normalized spacial score (nSPS) is 16.1. The number of anilines is 1. The predicted molar refractivity (Wildman–Crippen MR) is 69.5 cm³/mol. The molecule has 4 nitrogen and oxygen atoms in total. The quantitative estimate of drug-likeness (QED) is 0.631. The van der Waals surface area contributed by atoms with E-state index in [9.17, 15) is 9.59 Å². The Balaban J connectivity index is 2.37. The van der Waals surface area contributed by atoms with Crippen LogP contribution < -0.4 is 10.2 Å². The Kier molecular flexibility index (Phi) is 3.61. The summed E-state index contributed by atoms with van der Waals surface area (Å²) in [6, 6.07) is 3.44. The summed E-state index contributed by atoms with van der Waals surface area (Å²) < 4.78 is 0.667. The average Bonchev–Trinajstić information content (AvgIpc) is 2.24. The van der Waals surface area contributed by atoms with Gasteiger partial charge < -0.3 is 4.90 Å². The van der Waals surface area contributed by atoms with Crippen molar-refractivity contribution >= 4 is 56.6 Å². The van der Waals surface area contributed by atoms with Crippen LogP contribution in [0.4, 0.5) is 5.69 Å². The van der Waals surface area contributed by atoms with Crippen LogP contribution in [0.2, 0.25) is 10.0 Å². The molecule has 0 spiro atoms. The second kappa shape index (κ2) is 4.84. The van der Waals surface area contributed by atoms with Crippen LogP contribution in [0.5, 0.6) is 0 Å². The van der Waals surface area contributed by atoms with Crippen molar-refractivity contribution < 1.29 is 9.59 Å². The zero-order chi connectivity index (χ0) is 12.6. The monoisotopic (exact) mass is 336 g/mol. The van der Waals surface area contributed by atoms with E-state index in [1.807, 2.05) is 0 Å². The number of hydrogen-bond acceptors (Lipinski definition) is 3. The maximum Gasteiger partial charge on any atom is 0.246 e. The van der Waals surface area contributed by atoms with Gasteiger partial charge in [0.2, 0.25) is 11.8 Å². The van der Waals surface area contributed by atoms with Crippen LogP contribution in [0, 0.1) is 0 Å². The summed E-state index contributed by atoms with van der Waals surface area (Å²) in [6.45, 7) is 0.173. The number of nitrogens with one attached hydrogen (secondary N) is 1. The SMILES string of the molecule is O=C1CN(c2ccc(Br)c(Cl)c2Cl)CC(=O)N1. The number of carbonyl (C=O) groups is 2. The average molecular weight is 338 g/mol. The number of nitrogens with zero attached hydrogens (tertiary/aromatic N) is 1. The molecule has 0 radical (unpaired) electrons. The number of carbonyl (C=O) groups excluding carboxylic acids is 2. The van der Waals surface area contributed by atoms with E-state index >= 15 is 0 Å². The topological polar surface area (TPSA) is 49.4 Å². The molecular formula is C10H7BrCl2N2O2. The van der Waals surface area contributed by atoms with Crippen molar-refractivity contribution in [2.24, 2.45) is 0 Å². The summed E-state index contributed by atoms with van der Waals surface area (Å²) in [5, 5.41) is 2.91. The Morgan fingerprint density at radius 3 is 2.29 bits per heavy atom. The van der Waals surface area contributed by atoms with Crippen LogP contribution in [0.25, 0.3) is 0 Å². The van der Waals surface area contributed by atoms with Gasteiger partial charge in [-0.25, -0.2) is 0 Å². The number of piperazine rings is 1. The molecule has 0 saturated carbocycles. The van der Waals surface area contributed by atoms with E-state index in [1.165, 1.54) is 0 Å². The summed E-state index contributed by atoms with van der Waals surface area (Å²) in [5.41, 5.74) is 0.572. The van der Waals surface area contributed by atoms with Gasteiger partial charge in [-0.15, -0.1) is 0 Å². The predicted octanol–water partition coefficient (Wildman–Crippen LogP) is 2.22. The third-order valence-corrected chi connectivity index (χ3v) is 4.06. The highest BCUT2D eigenvalue weighted by atomic mass is 79.9. The van der Waals surface area contributed by atoms with E-state index in [4.69, 9.17) is 23.2 Å². The van der Waals surface area contributed by atoms with Gasteiger partial charge in [-0.05, 0) is 28.1 Å². The molecule has 7 heteroatoms.